The van der Waals surface area contributed by atoms with Crippen molar-refractivity contribution < 1.29 is 70.5 Å². The molecule has 1 fully saturated rings. The normalized spacial score (nSPS) is 26.9. The number of aromatic amines is 1. The van der Waals surface area contributed by atoms with E-state index in [0.717, 1.165) is 12.3 Å². The summed E-state index contributed by atoms with van der Waals surface area (Å²) in [4.78, 5) is 71.6. The Morgan fingerprint density at radius 2 is 1.79 bits per heavy atom. The topological polar surface area (TPSA) is 281 Å². The van der Waals surface area contributed by atoms with Gasteiger partial charge in [0.15, 0.2) is 12.4 Å². The molecule has 2 heterocycles. The Balaban J connectivity index is 2.17. The highest BCUT2D eigenvalue weighted by atomic mass is 31.3. The van der Waals surface area contributed by atoms with Gasteiger partial charge in [0.05, 0.1) is 12.2 Å². The number of aromatic nitrogens is 2. The Kier molecular flexibility index (Phi) is 8.69. The second-order valence-corrected chi connectivity index (χ2v) is 10.7. The predicted octanol–water partition coefficient (Wildman–Crippen LogP) is -1.43. The molecule has 0 saturated carbocycles. The van der Waals surface area contributed by atoms with Gasteiger partial charge >= 0.3 is 35.1 Å². The number of alkyl halides is 1. The van der Waals surface area contributed by atoms with E-state index in [-0.39, 0.29) is 0 Å². The van der Waals surface area contributed by atoms with Crippen LogP contribution in [0.3, 0.4) is 0 Å². The smallest absolute Gasteiger partial charge is 0.478 e. The molecule has 2 rings (SSSR count). The molecule has 6 atom stereocenters. The van der Waals surface area contributed by atoms with Gasteiger partial charge in [-0.3, -0.25) is 18.9 Å². The maximum atomic E-state index is 14.6. The molecule has 1 aliphatic heterocycles. The molecule has 7 N–H and O–H groups in total. The number of aliphatic hydroxyl groups is 1. The number of ether oxygens (including phenoxy) is 1. The zero-order valence-corrected chi connectivity index (χ0v) is 18.9. The molecule has 0 spiro atoms. The van der Waals surface area contributed by atoms with Gasteiger partial charge in [-0.1, -0.05) is 0 Å². The standard InChI is InChI=1S/C12H16FN2O16P3/c13-8-9(18)6(4-28-33(24,25)31-34(26,27)30-32(21,22)23)29-11(8)15-3-5(1-2-7(16)17)10(19)14-12(15)20/h1-3,6,8-9,11,18H,4H2,(H,16,17)(H,24,25)(H,26,27)(H,14,19,20)(H2,21,22,23)/b2-1+/t6-,8-,9-,11-/m1/s1. The molecule has 1 aromatic rings. The third kappa shape index (κ3) is 7.84. The number of aliphatic hydroxyl groups excluding tert-OH is 1. The fourth-order valence-electron chi connectivity index (χ4n) is 2.51. The van der Waals surface area contributed by atoms with E-state index in [1.165, 1.54) is 0 Å². The molecular formula is C12H16FN2O16P3. The number of hydrogen-bond donors (Lipinski definition) is 7. The van der Waals surface area contributed by atoms with Gasteiger partial charge in [0.1, 0.15) is 12.2 Å². The summed E-state index contributed by atoms with van der Waals surface area (Å²) >= 11 is 0. The van der Waals surface area contributed by atoms with Crippen molar-refractivity contribution in [1.29, 1.82) is 0 Å². The summed E-state index contributed by atoms with van der Waals surface area (Å²) in [5.74, 6) is -1.44. The number of hydrogen-bond acceptors (Lipinski definition) is 11. The number of H-pyrrole nitrogens is 1. The van der Waals surface area contributed by atoms with Crippen LogP contribution >= 0.6 is 23.5 Å². The third-order valence-corrected chi connectivity index (χ3v) is 7.59. The van der Waals surface area contributed by atoms with Crippen molar-refractivity contribution in [2.45, 2.75) is 24.6 Å². The summed E-state index contributed by atoms with van der Waals surface area (Å²) in [6.45, 7) is -1.22. The third-order valence-electron chi connectivity index (χ3n) is 3.79. The number of aliphatic carboxylic acids is 1. The number of halogens is 1. The Morgan fingerprint density at radius 1 is 1.18 bits per heavy atom. The first-order chi connectivity index (χ1) is 15.4. The van der Waals surface area contributed by atoms with Gasteiger partial charge in [0.25, 0.3) is 5.56 Å². The van der Waals surface area contributed by atoms with Crippen LogP contribution in [0, 0.1) is 0 Å². The van der Waals surface area contributed by atoms with Crippen molar-refractivity contribution in [2.75, 3.05) is 6.61 Å². The molecule has 0 amide bonds. The fourth-order valence-corrected chi connectivity index (χ4v) is 5.54. The lowest BCUT2D eigenvalue weighted by atomic mass is 10.1. The van der Waals surface area contributed by atoms with Gasteiger partial charge in [-0.25, -0.2) is 27.7 Å². The highest BCUT2D eigenvalue weighted by Gasteiger charge is 2.47. The number of nitrogens with one attached hydrogen (secondary N) is 1. The van der Waals surface area contributed by atoms with Crippen LogP contribution in [0.4, 0.5) is 4.39 Å². The largest absolute Gasteiger partial charge is 0.490 e. The first-order valence-electron chi connectivity index (χ1n) is 8.43. The van der Waals surface area contributed by atoms with Crippen LogP contribution in [0.15, 0.2) is 21.9 Å². The van der Waals surface area contributed by atoms with Gasteiger partial charge < -0.3 is 34.5 Å². The number of phosphoric acid groups is 3. The zero-order chi connectivity index (χ0) is 26.1. The summed E-state index contributed by atoms with van der Waals surface area (Å²) in [6, 6.07) is 0. The molecule has 22 heteroatoms. The lowest BCUT2D eigenvalue weighted by Gasteiger charge is -2.19. The molecular weight excluding hydrogens is 540 g/mol. The summed E-state index contributed by atoms with van der Waals surface area (Å²) in [5, 5.41) is 18.6. The first kappa shape index (κ1) is 28.4. The number of carboxylic acid groups (broad SMARTS) is 1. The zero-order valence-electron chi connectivity index (χ0n) is 16.2. The summed E-state index contributed by atoms with van der Waals surface area (Å²) in [5.41, 5.74) is -2.67. The molecule has 0 bridgehead atoms. The number of carboxylic acids is 1. The van der Waals surface area contributed by atoms with Gasteiger partial charge in [0.2, 0.25) is 0 Å². The van der Waals surface area contributed by atoms with Gasteiger partial charge in [-0.05, 0) is 6.08 Å². The predicted molar refractivity (Wildman–Crippen MR) is 103 cm³/mol. The number of rotatable bonds is 10. The van der Waals surface area contributed by atoms with E-state index in [9.17, 15) is 42.5 Å². The Bertz CT molecular complexity index is 1220. The van der Waals surface area contributed by atoms with Crippen LogP contribution in [-0.4, -0.2) is 70.3 Å². The molecule has 2 unspecified atom stereocenters. The van der Waals surface area contributed by atoms with E-state index in [4.69, 9.17) is 24.5 Å². The number of phosphoric ester groups is 1. The van der Waals surface area contributed by atoms with E-state index < -0.39 is 77.5 Å². The summed E-state index contributed by atoms with van der Waals surface area (Å²) < 4.78 is 64.9. The molecule has 192 valence electrons. The Hall–Kier alpha value is -1.85. The van der Waals surface area contributed by atoms with Crippen LogP contribution in [0.25, 0.3) is 6.08 Å². The summed E-state index contributed by atoms with van der Waals surface area (Å²) in [7, 11) is -17.1. The monoisotopic (exact) mass is 556 g/mol. The maximum absolute atomic E-state index is 14.6. The minimum absolute atomic E-state index is 0.413. The summed E-state index contributed by atoms with van der Waals surface area (Å²) in [6.07, 6.45) is -6.27. The minimum atomic E-state index is -5.82. The fraction of sp³-hybridized carbons (Fsp3) is 0.417. The second kappa shape index (κ2) is 10.4. The van der Waals surface area contributed by atoms with E-state index in [0.29, 0.717) is 10.6 Å². The van der Waals surface area contributed by atoms with Crippen molar-refractivity contribution >= 4 is 35.5 Å². The van der Waals surface area contributed by atoms with Gasteiger partial charge in [-0.2, -0.15) is 8.62 Å². The van der Waals surface area contributed by atoms with Gasteiger partial charge in [-0.15, -0.1) is 0 Å². The van der Waals surface area contributed by atoms with E-state index in [1.807, 2.05) is 0 Å². The first-order valence-corrected chi connectivity index (χ1v) is 13.0. The van der Waals surface area contributed by atoms with E-state index >= 15 is 0 Å². The van der Waals surface area contributed by atoms with Crippen molar-refractivity contribution in [3.8, 4) is 0 Å². The number of carbonyl (C=O) groups is 1. The average molecular weight is 556 g/mol. The molecule has 0 aromatic carbocycles. The second-order valence-electron chi connectivity index (χ2n) is 6.31. The highest BCUT2D eigenvalue weighted by molar-refractivity contribution is 7.66. The molecule has 34 heavy (non-hydrogen) atoms. The maximum Gasteiger partial charge on any atom is 0.490 e. The number of nitrogens with zero attached hydrogens (tertiary/aromatic N) is 1. The molecule has 1 aliphatic rings. The van der Waals surface area contributed by atoms with E-state index in [2.05, 4.69) is 13.1 Å². The molecule has 18 nitrogen and oxygen atoms in total. The van der Waals surface area contributed by atoms with Crippen molar-refractivity contribution in [1.82, 2.24) is 9.55 Å². The lowest BCUT2D eigenvalue weighted by molar-refractivity contribution is -0.131. The van der Waals surface area contributed by atoms with Crippen molar-refractivity contribution in [3.05, 3.63) is 38.7 Å². The Labute approximate surface area is 186 Å². The van der Waals surface area contributed by atoms with Crippen LogP contribution in [0.2, 0.25) is 0 Å². The van der Waals surface area contributed by atoms with Gasteiger partial charge in [0, 0.05) is 12.3 Å². The van der Waals surface area contributed by atoms with Crippen LogP contribution in [0.1, 0.15) is 11.8 Å². The van der Waals surface area contributed by atoms with Crippen LogP contribution < -0.4 is 11.2 Å². The molecule has 1 saturated heterocycles. The van der Waals surface area contributed by atoms with Crippen molar-refractivity contribution in [2.24, 2.45) is 0 Å². The lowest BCUT2D eigenvalue weighted by Crippen LogP contribution is -2.36. The SMILES string of the molecule is O=C(O)/C=C/c1cn([C@@H]2O[C@H](COP(=O)(O)OP(=O)(O)OP(=O)(O)O)[C@@H](O)[C@H]2F)c(=O)[nH]c1=O. The average Bonchev–Trinajstić information content (AvgIpc) is 2.91. The van der Waals surface area contributed by atoms with E-state index in [1.54, 1.807) is 4.98 Å². The quantitative estimate of drug-likeness (QED) is 0.128. The van der Waals surface area contributed by atoms with Crippen molar-refractivity contribution in [3.63, 3.8) is 0 Å². The highest BCUT2D eigenvalue weighted by Crippen LogP contribution is 2.66. The minimum Gasteiger partial charge on any atom is -0.478 e. The molecule has 0 radical (unpaired) electrons. The van der Waals surface area contributed by atoms with Crippen LogP contribution in [-0.2, 0) is 36.4 Å². The molecule has 1 aromatic heterocycles. The molecule has 0 aliphatic carbocycles. The Morgan fingerprint density at radius 3 is 2.35 bits per heavy atom. The van der Waals surface area contributed by atoms with Crippen LogP contribution in [0.5, 0.6) is 0 Å².